The minimum atomic E-state index is -0.900. The fraction of sp³-hybridized carbons (Fsp3) is 0.932. The molecule has 0 aromatic heterocycles. The van der Waals surface area contributed by atoms with Crippen molar-refractivity contribution in [3.63, 3.8) is 0 Å². The van der Waals surface area contributed by atoms with E-state index in [2.05, 4.69) is 47.1 Å². The van der Waals surface area contributed by atoms with Crippen LogP contribution in [0.3, 0.4) is 0 Å². The molecule has 54 heavy (non-hydrogen) atoms. The Labute approximate surface area is 346 Å². The maximum Gasteiger partial charge on any atom is 0.308 e. The Bertz CT molecular complexity index is 778. The molecule has 1 amide bonds. The average Bonchev–Trinajstić information content (AvgIpc) is 3.16. The number of carbonyl (C=O) groups excluding carboxylic acids is 3. The first-order chi connectivity index (χ1) is 26.5. The van der Waals surface area contributed by atoms with Crippen LogP contribution in [0.25, 0.3) is 0 Å². The molecule has 0 spiro atoms. The van der Waals surface area contributed by atoms with Crippen molar-refractivity contribution < 1.29 is 33.3 Å². The first kappa shape index (κ1) is 53.0. The molecule has 0 saturated carbocycles. The summed E-state index contributed by atoms with van der Waals surface area (Å²) in [6.07, 6.45) is 33.2. The SMILES string of the molecule is CCCCCCCCCCCCCCC(=O)OC(CNCCCOCCCCOCCCNC(=O)CI)OC(=O)CCCCCCCCCCCCCC. The van der Waals surface area contributed by atoms with Crippen molar-refractivity contribution in [2.45, 2.75) is 213 Å². The summed E-state index contributed by atoms with van der Waals surface area (Å²) in [6.45, 7) is 8.81. The molecule has 0 aliphatic carbocycles. The van der Waals surface area contributed by atoms with Crippen LogP contribution in [0.15, 0.2) is 0 Å². The summed E-state index contributed by atoms with van der Waals surface area (Å²) in [5, 5.41) is 6.13. The van der Waals surface area contributed by atoms with Crippen LogP contribution in [-0.4, -0.2) is 74.6 Å². The highest BCUT2D eigenvalue weighted by atomic mass is 127. The third-order valence-electron chi connectivity index (χ3n) is 9.68. The van der Waals surface area contributed by atoms with Gasteiger partial charge in [0.15, 0.2) is 0 Å². The van der Waals surface area contributed by atoms with Crippen molar-refractivity contribution in [2.75, 3.05) is 50.5 Å². The van der Waals surface area contributed by atoms with Crippen molar-refractivity contribution in [3.8, 4) is 0 Å². The molecule has 0 aromatic rings. The number of hydrogen-bond acceptors (Lipinski definition) is 8. The Balaban J connectivity index is 4.20. The van der Waals surface area contributed by atoms with Gasteiger partial charge in [0.2, 0.25) is 5.91 Å². The van der Waals surface area contributed by atoms with Crippen molar-refractivity contribution in [2.24, 2.45) is 0 Å². The third kappa shape index (κ3) is 42.2. The number of carbonyl (C=O) groups is 3. The van der Waals surface area contributed by atoms with Gasteiger partial charge >= 0.3 is 11.9 Å². The van der Waals surface area contributed by atoms with E-state index in [0.29, 0.717) is 56.8 Å². The first-order valence-electron chi connectivity index (χ1n) is 22.6. The van der Waals surface area contributed by atoms with E-state index in [0.717, 1.165) is 64.2 Å². The molecule has 0 fully saturated rings. The van der Waals surface area contributed by atoms with Gasteiger partial charge < -0.3 is 29.6 Å². The monoisotopic (exact) mass is 881 g/mol. The van der Waals surface area contributed by atoms with Gasteiger partial charge in [-0.2, -0.15) is 0 Å². The zero-order valence-electron chi connectivity index (χ0n) is 35.2. The summed E-state index contributed by atoms with van der Waals surface area (Å²) >= 11 is 2.05. The van der Waals surface area contributed by atoms with Crippen LogP contribution in [-0.2, 0) is 33.3 Å². The largest absolute Gasteiger partial charge is 0.424 e. The van der Waals surface area contributed by atoms with Gasteiger partial charge in [-0.25, -0.2) is 0 Å². The van der Waals surface area contributed by atoms with Crippen molar-refractivity contribution in [1.82, 2.24) is 10.6 Å². The summed E-state index contributed by atoms with van der Waals surface area (Å²) in [4.78, 5) is 36.6. The summed E-state index contributed by atoms with van der Waals surface area (Å²) in [5.41, 5.74) is 0. The molecule has 0 rings (SSSR count). The first-order valence-corrected chi connectivity index (χ1v) is 24.1. The van der Waals surface area contributed by atoms with E-state index in [1.807, 2.05) is 0 Å². The van der Waals surface area contributed by atoms with Crippen LogP contribution in [0.5, 0.6) is 0 Å². The van der Waals surface area contributed by atoms with Gasteiger partial charge in [-0.15, -0.1) is 0 Å². The molecule has 0 atom stereocenters. The molecular weight excluding hydrogens is 795 g/mol. The molecule has 0 unspecified atom stereocenters. The molecule has 0 bridgehead atoms. The number of alkyl halides is 1. The van der Waals surface area contributed by atoms with Gasteiger partial charge in [-0.05, 0) is 45.1 Å². The summed E-state index contributed by atoms with van der Waals surface area (Å²) in [7, 11) is 0. The van der Waals surface area contributed by atoms with Gasteiger partial charge in [0.05, 0.1) is 11.0 Å². The highest BCUT2D eigenvalue weighted by molar-refractivity contribution is 14.1. The lowest BCUT2D eigenvalue weighted by molar-refractivity contribution is -0.187. The summed E-state index contributed by atoms with van der Waals surface area (Å²) < 4.78 is 23.2. The molecule has 320 valence electrons. The van der Waals surface area contributed by atoms with Crippen LogP contribution < -0.4 is 10.6 Å². The fourth-order valence-corrected chi connectivity index (χ4v) is 6.59. The molecule has 2 N–H and O–H groups in total. The number of nitrogens with one attached hydrogen (secondary N) is 2. The second-order valence-electron chi connectivity index (χ2n) is 15.0. The van der Waals surface area contributed by atoms with Crippen LogP contribution in [0.1, 0.15) is 206 Å². The zero-order chi connectivity index (χ0) is 39.4. The summed E-state index contributed by atoms with van der Waals surface area (Å²) in [5.74, 6) is -0.514. The highest BCUT2D eigenvalue weighted by Crippen LogP contribution is 2.15. The molecule has 9 nitrogen and oxygen atoms in total. The van der Waals surface area contributed by atoms with Crippen LogP contribution >= 0.6 is 22.6 Å². The van der Waals surface area contributed by atoms with E-state index in [4.69, 9.17) is 18.9 Å². The quantitative estimate of drug-likeness (QED) is 0.0205. The maximum atomic E-state index is 12.7. The minimum absolute atomic E-state index is 0.0649. The van der Waals surface area contributed by atoms with Gasteiger partial charge in [0.1, 0.15) is 0 Å². The van der Waals surface area contributed by atoms with Gasteiger partial charge in [-0.1, -0.05) is 178 Å². The Kier molecular flexibility index (Phi) is 43.9. The molecule has 0 aliphatic rings. The van der Waals surface area contributed by atoms with Crippen LogP contribution in [0.2, 0.25) is 0 Å². The second kappa shape index (κ2) is 44.7. The van der Waals surface area contributed by atoms with E-state index in [9.17, 15) is 14.4 Å². The average molecular weight is 881 g/mol. The second-order valence-corrected chi connectivity index (χ2v) is 15.8. The van der Waals surface area contributed by atoms with Crippen molar-refractivity contribution in [1.29, 1.82) is 0 Å². The van der Waals surface area contributed by atoms with E-state index in [-0.39, 0.29) is 24.4 Å². The Hall–Kier alpha value is -0.980. The Morgan fingerprint density at radius 2 is 0.815 bits per heavy atom. The topological polar surface area (TPSA) is 112 Å². The van der Waals surface area contributed by atoms with Gasteiger partial charge in [0, 0.05) is 45.8 Å². The summed E-state index contributed by atoms with van der Waals surface area (Å²) in [6, 6.07) is 0. The van der Waals surface area contributed by atoms with E-state index < -0.39 is 6.29 Å². The smallest absolute Gasteiger partial charge is 0.308 e. The van der Waals surface area contributed by atoms with Crippen LogP contribution in [0, 0.1) is 0 Å². The normalized spacial score (nSPS) is 11.3. The van der Waals surface area contributed by atoms with E-state index >= 15 is 0 Å². The fourth-order valence-electron chi connectivity index (χ4n) is 6.32. The van der Waals surface area contributed by atoms with E-state index in [1.165, 1.54) is 116 Å². The lowest BCUT2D eigenvalue weighted by atomic mass is 10.0. The van der Waals surface area contributed by atoms with Gasteiger partial charge in [-0.3, -0.25) is 14.4 Å². The Morgan fingerprint density at radius 3 is 1.20 bits per heavy atom. The van der Waals surface area contributed by atoms with Crippen molar-refractivity contribution in [3.05, 3.63) is 0 Å². The zero-order valence-corrected chi connectivity index (χ0v) is 37.3. The predicted molar refractivity (Wildman–Crippen MR) is 232 cm³/mol. The molecule has 0 aromatic carbocycles. The molecular formula is C44H85IN2O7. The standard InChI is InChI=1S/C44H85IN2O7/c1-3-5-7-9-11-13-15-17-19-21-23-25-31-42(49)53-44(54-43(50)32-26-24-22-20-18-16-14-12-10-8-6-4-2)40-46-33-29-37-51-35-27-28-36-52-38-30-34-47-41(48)39-45/h44,46H,3-40H2,1-2H3,(H,47,48). The number of ether oxygens (including phenoxy) is 4. The number of esters is 2. The number of rotatable bonds is 44. The van der Waals surface area contributed by atoms with Crippen LogP contribution in [0.4, 0.5) is 0 Å². The molecule has 0 heterocycles. The third-order valence-corrected chi connectivity index (χ3v) is 10.4. The van der Waals surface area contributed by atoms with Crippen molar-refractivity contribution >= 4 is 40.4 Å². The highest BCUT2D eigenvalue weighted by Gasteiger charge is 2.18. The number of halogens is 1. The molecule has 0 saturated heterocycles. The van der Waals surface area contributed by atoms with E-state index in [1.54, 1.807) is 0 Å². The molecule has 10 heteroatoms. The van der Waals surface area contributed by atoms with Gasteiger partial charge in [0.25, 0.3) is 6.29 Å². The molecule has 0 radical (unpaired) electrons. The number of unbranched alkanes of at least 4 members (excludes halogenated alkanes) is 23. The maximum absolute atomic E-state index is 12.7. The molecule has 0 aliphatic heterocycles. The lowest BCUT2D eigenvalue weighted by Crippen LogP contribution is -2.35. The number of hydrogen-bond donors (Lipinski definition) is 2. The predicted octanol–water partition coefficient (Wildman–Crippen LogP) is 11.3. The minimum Gasteiger partial charge on any atom is -0.424 e. The number of amides is 1. The Morgan fingerprint density at radius 1 is 0.463 bits per heavy atom. The lowest BCUT2D eigenvalue weighted by Gasteiger charge is -2.19.